The monoisotopic (exact) mass is 139 g/mol. The number of hydrogen-bond acceptors (Lipinski definition) is 4. The number of hydrogen-bond donors (Lipinski definition) is 1. The fraction of sp³-hybridized carbons (Fsp3) is 0.200. The Balaban J connectivity index is 2.98. The third-order valence-electron chi connectivity index (χ3n) is 1.31. The molecule has 52 valence electrons. The molecule has 0 spiro atoms. The van der Waals surface area contributed by atoms with Gasteiger partial charge in [0, 0.05) is 0 Å². The van der Waals surface area contributed by atoms with Crippen molar-refractivity contribution in [3.63, 3.8) is 0 Å². The van der Waals surface area contributed by atoms with E-state index in [2.05, 4.69) is 10.1 Å². The van der Waals surface area contributed by atoms with Crippen LogP contribution in [0.4, 0.5) is 0 Å². The first kappa shape index (κ1) is 5.28. The highest BCUT2D eigenvalue weighted by Gasteiger charge is 2.09. The highest BCUT2D eigenvalue weighted by molar-refractivity contribution is 5.70. The molecule has 0 bridgehead atoms. The zero-order valence-corrected chi connectivity index (χ0v) is 5.27. The first-order valence-electron chi connectivity index (χ1n) is 2.77. The standard InChI is InChI=1S/C5H5N3O2/c1-3-4-5(6-2-10-4)8(9)7-3/h2,9H,1H3. The van der Waals surface area contributed by atoms with Crippen molar-refractivity contribution < 1.29 is 9.62 Å². The largest absolute Gasteiger partial charge is 0.440 e. The van der Waals surface area contributed by atoms with E-state index in [1.807, 2.05) is 0 Å². The smallest absolute Gasteiger partial charge is 0.237 e. The fourth-order valence-electron chi connectivity index (χ4n) is 0.865. The van der Waals surface area contributed by atoms with Crippen molar-refractivity contribution in [2.75, 3.05) is 0 Å². The average Bonchev–Trinajstić information content (AvgIpc) is 2.39. The molecule has 2 rings (SSSR count). The second-order valence-corrected chi connectivity index (χ2v) is 1.98. The van der Waals surface area contributed by atoms with Crippen LogP contribution in [0.15, 0.2) is 10.8 Å². The van der Waals surface area contributed by atoms with E-state index in [0.717, 1.165) is 0 Å². The Morgan fingerprint density at radius 2 is 2.50 bits per heavy atom. The molecule has 0 amide bonds. The summed E-state index contributed by atoms with van der Waals surface area (Å²) in [5.41, 5.74) is 1.52. The number of oxazole rings is 1. The van der Waals surface area contributed by atoms with Crippen LogP contribution in [0, 0.1) is 6.92 Å². The lowest BCUT2D eigenvalue weighted by atomic mass is 10.5. The molecule has 0 aromatic carbocycles. The van der Waals surface area contributed by atoms with Gasteiger partial charge in [0.05, 0.1) is 0 Å². The average molecular weight is 139 g/mol. The van der Waals surface area contributed by atoms with Crippen LogP contribution in [0.2, 0.25) is 0 Å². The van der Waals surface area contributed by atoms with E-state index in [-0.39, 0.29) is 0 Å². The van der Waals surface area contributed by atoms with E-state index in [9.17, 15) is 0 Å². The highest BCUT2D eigenvalue weighted by atomic mass is 16.5. The van der Waals surface area contributed by atoms with Crippen LogP contribution in [-0.2, 0) is 0 Å². The van der Waals surface area contributed by atoms with Gasteiger partial charge in [-0.15, -0.1) is 5.10 Å². The molecular formula is C5H5N3O2. The zero-order valence-electron chi connectivity index (χ0n) is 5.27. The summed E-state index contributed by atoms with van der Waals surface area (Å²) in [4.78, 5) is 4.43. The fourth-order valence-corrected chi connectivity index (χ4v) is 0.865. The minimum Gasteiger partial charge on any atom is -0.440 e. The van der Waals surface area contributed by atoms with Crippen LogP contribution >= 0.6 is 0 Å². The molecular weight excluding hydrogens is 134 g/mol. The number of aromatic nitrogens is 3. The van der Waals surface area contributed by atoms with Gasteiger partial charge in [-0.2, -0.15) is 4.98 Å². The molecule has 5 heteroatoms. The van der Waals surface area contributed by atoms with Crippen molar-refractivity contribution >= 4 is 11.2 Å². The zero-order chi connectivity index (χ0) is 7.14. The van der Waals surface area contributed by atoms with Crippen molar-refractivity contribution in [3.8, 4) is 0 Å². The minimum absolute atomic E-state index is 0.359. The number of fused-ring (bicyclic) bond motifs is 1. The molecule has 0 fully saturated rings. The SMILES string of the molecule is Cc1nn(O)c2ncoc12. The lowest BCUT2D eigenvalue weighted by molar-refractivity contribution is 0.158. The molecule has 2 aromatic rings. The Bertz CT molecular complexity index is 330. The number of nitrogens with zero attached hydrogens (tertiary/aromatic N) is 3. The summed E-state index contributed by atoms with van der Waals surface area (Å²) >= 11 is 0. The van der Waals surface area contributed by atoms with E-state index < -0.39 is 0 Å². The summed E-state index contributed by atoms with van der Waals surface area (Å²) in [7, 11) is 0. The summed E-state index contributed by atoms with van der Waals surface area (Å²) in [5, 5.41) is 12.6. The van der Waals surface area contributed by atoms with E-state index >= 15 is 0 Å². The van der Waals surface area contributed by atoms with Crippen LogP contribution in [-0.4, -0.2) is 20.1 Å². The maximum atomic E-state index is 8.96. The molecule has 5 nitrogen and oxygen atoms in total. The molecule has 10 heavy (non-hydrogen) atoms. The maximum absolute atomic E-state index is 8.96. The van der Waals surface area contributed by atoms with E-state index in [1.54, 1.807) is 6.92 Å². The van der Waals surface area contributed by atoms with Gasteiger partial charge in [-0.25, -0.2) is 0 Å². The molecule has 2 aromatic heterocycles. The predicted molar refractivity (Wildman–Crippen MR) is 31.7 cm³/mol. The summed E-state index contributed by atoms with van der Waals surface area (Å²) in [6.07, 6.45) is 1.27. The first-order chi connectivity index (χ1) is 4.79. The summed E-state index contributed by atoms with van der Waals surface area (Å²) < 4.78 is 4.92. The molecule has 0 aliphatic heterocycles. The van der Waals surface area contributed by atoms with E-state index in [1.165, 1.54) is 6.39 Å². The van der Waals surface area contributed by atoms with Crippen molar-refractivity contribution in [1.29, 1.82) is 0 Å². The van der Waals surface area contributed by atoms with Crippen LogP contribution in [0.1, 0.15) is 5.69 Å². The Labute approximate surface area is 55.8 Å². The molecule has 0 radical (unpaired) electrons. The molecule has 0 aliphatic rings. The molecule has 1 N–H and O–H groups in total. The Hall–Kier alpha value is -1.52. The van der Waals surface area contributed by atoms with Crippen molar-refractivity contribution in [2.45, 2.75) is 6.92 Å². The van der Waals surface area contributed by atoms with Gasteiger partial charge in [-0.1, -0.05) is 4.85 Å². The second-order valence-electron chi connectivity index (χ2n) is 1.98. The first-order valence-corrected chi connectivity index (χ1v) is 2.77. The third kappa shape index (κ3) is 0.464. The molecule has 0 atom stereocenters. The van der Waals surface area contributed by atoms with Crippen LogP contribution in [0.25, 0.3) is 11.2 Å². The van der Waals surface area contributed by atoms with Gasteiger partial charge in [0.2, 0.25) is 5.65 Å². The Morgan fingerprint density at radius 3 is 3.20 bits per heavy atom. The lowest BCUT2D eigenvalue weighted by Crippen LogP contribution is -1.92. The van der Waals surface area contributed by atoms with E-state index in [0.29, 0.717) is 21.8 Å². The van der Waals surface area contributed by atoms with Crippen LogP contribution in [0.5, 0.6) is 0 Å². The Morgan fingerprint density at radius 1 is 1.70 bits per heavy atom. The summed E-state index contributed by atoms with van der Waals surface area (Å²) in [6, 6.07) is 0. The number of aryl methyl sites for hydroxylation is 1. The molecule has 0 unspecified atom stereocenters. The van der Waals surface area contributed by atoms with Gasteiger partial charge < -0.3 is 9.62 Å². The van der Waals surface area contributed by atoms with Gasteiger partial charge in [-0.05, 0) is 6.92 Å². The van der Waals surface area contributed by atoms with Gasteiger partial charge in [0.1, 0.15) is 5.69 Å². The predicted octanol–water partition coefficient (Wildman–Crippen LogP) is 0.570. The Kier molecular flexibility index (Phi) is 0.791. The van der Waals surface area contributed by atoms with Crippen molar-refractivity contribution in [3.05, 3.63) is 12.1 Å². The molecule has 0 saturated heterocycles. The third-order valence-corrected chi connectivity index (χ3v) is 1.31. The normalized spacial score (nSPS) is 10.9. The van der Waals surface area contributed by atoms with Crippen LogP contribution < -0.4 is 0 Å². The molecule has 0 aliphatic carbocycles. The van der Waals surface area contributed by atoms with Crippen molar-refractivity contribution in [2.24, 2.45) is 0 Å². The van der Waals surface area contributed by atoms with Crippen molar-refractivity contribution in [1.82, 2.24) is 14.9 Å². The highest BCUT2D eigenvalue weighted by Crippen LogP contribution is 2.13. The topological polar surface area (TPSA) is 64.1 Å². The van der Waals surface area contributed by atoms with Gasteiger partial charge >= 0.3 is 0 Å². The maximum Gasteiger partial charge on any atom is 0.237 e. The quantitative estimate of drug-likeness (QED) is 0.542. The van der Waals surface area contributed by atoms with E-state index in [4.69, 9.17) is 9.62 Å². The minimum atomic E-state index is 0.359. The summed E-state index contributed by atoms with van der Waals surface area (Å²) in [6.45, 7) is 1.74. The van der Waals surface area contributed by atoms with Gasteiger partial charge in [0.25, 0.3) is 0 Å². The summed E-state index contributed by atoms with van der Waals surface area (Å²) in [5.74, 6) is 0. The van der Waals surface area contributed by atoms with Gasteiger partial charge in [0.15, 0.2) is 12.0 Å². The van der Waals surface area contributed by atoms with Gasteiger partial charge in [-0.3, -0.25) is 0 Å². The lowest BCUT2D eigenvalue weighted by Gasteiger charge is -1.81. The van der Waals surface area contributed by atoms with Crippen LogP contribution in [0.3, 0.4) is 0 Å². The molecule has 2 heterocycles. The molecule has 0 saturated carbocycles. The number of rotatable bonds is 0. The second kappa shape index (κ2) is 1.50.